The molecule has 0 spiro atoms. The average molecular weight is 139 g/mol. The van der Waals surface area contributed by atoms with Crippen molar-refractivity contribution in [3.05, 3.63) is 6.92 Å². The van der Waals surface area contributed by atoms with Crippen molar-refractivity contribution in [3.8, 4) is 0 Å². The standard InChI is InChI=1S/C10H19/c1-8-6-5-7-10(3,4)9(8)2/h8-9H,2,5-7H2,1,3-4H3/t8-,9+/m0/s1. The molecule has 2 atom stereocenters. The summed E-state index contributed by atoms with van der Waals surface area (Å²) in [5.41, 5.74) is 0.498. The Morgan fingerprint density at radius 2 is 2.00 bits per heavy atom. The van der Waals surface area contributed by atoms with Gasteiger partial charge in [0.1, 0.15) is 0 Å². The first-order valence-electron chi connectivity index (χ1n) is 4.37. The van der Waals surface area contributed by atoms with Gasteiger partial charge in [0.05, 0.1) is 0 Å². The van der Waals surface area contributed by atoms with Crippen LogP contribution in [0.4, 0.5) is 0 Å². The van der Waals surface area contributed by atoms with E-state index in [-0.39, 0.29) is 0 Å². The molecule has 0 N–H and O–H groups in total. The second-order valence-corrected chi connectivity index (χ2v) is 4.46. The third-order valence-electron chi connectivity index (χ3n) is 3.17. The van der Waals surface area contributed by atoms with Gasteiger partial charge in [0.15, 0.2) is 0 Å². The number of hydrogen-bond acceptors (Lipinski definition) is 0. The minimum absolute atomic E-state index is 0.498. The van der Waals surface area contributed by atoms with E-state index in [1.165, 1.54) is 19.3 Å². The molecule has 1 saturated carbocycles. The summed E-state index contributed by atoms with van der Waals surface area (Å²) in [6.45, 7) is 11.3. The minimum Gasteiger partial charge on any atom is -0.0622 e. The Morgan fingerprint density at radius 1 is 1.40 bits per heavy atom. The molecule has 0 bridgehead atoms. The van der Waals surface area contributed by atoms with Gasteiger partial charge in [-0.3, -0.25) is 0 Å². The summed E-state index contributed by atoms with van der Waals surface area (Å²) in [5.74, 6) is 1.50. The fourth-order valence-corrected chi connectivity index (χ4v) is 2.04. The van der Waals surface area contributed by atoms with Crippen LogP contribution in [0.15, 0.2) is 0 Å². The smallest absolute Gasteiger partial charge is 0.0323 e. The fraction of sp³-hybridized carbons (Fsp3) is 0.900. The molecule has 0 aromatic heterocycles. The van der Waals surface area contributed by atoms with Crippen molar-refractivity contribution in [3.63, 3.8) is 0 Å². The Bertz CT molecular complexity index is 113. The minimum atomic E-state index is 0.498. The van der Waals surface area contributed by atoms with Gasteiger partial charge in [-0.05, 0) is 30.6 Å². The maximum absolute atomic E-state index is 4.23. The molecular formula is C10H19. The quantitative estimate of drug-likeness (QED) is 0.483. The Labute approximate surface area is 65.0 Å². The summed E-state index contributed by atoms with van der Waals surface area (Å²) >= 11 is 0. The molecule has 1 fully saturated rings. The maximum atomic E-state index is 4.23. The summed E-state index contributed by atoms with van der Waals surface area (Å²) < 4.78 is 0. The van der Waals surface area contributed by atoms with Crippen LogP contribution in [-0.4, -0.2) is 0 Å². The zero-order valence-electron chi connectivity index (χ0n) is 7.48. The molecule has 1 radical (unpaired) electrons. The predicted octanol–water partition coefficient (Wildman–Crippen LogP) is 3.28. The molecule has 0 heterocycles. The van der Waals surface area contributed by atoms with Crippen molar-refractivity contribution < 1.29 is 0 Å². The van der Waals surface area contributed by atoms with E-state index in [4.69, 9.17) is 0 Å². The van der Waals surface area contributed by atoms with E-state index >= 15 is 0 Å². The van der Waals surface area contributed by atoms with Crippen LogP contribution in [0.3, 0.4) is 0 Å². The molecule has 1 rings (SSSR count). The highest BCUT2D eigenvalue weighted by atomic mass is 14.4. The van der Waals surface area contributed by atoms with Gasteiger partial charge >= 0.3 is 0 Å². The Balaban J connectivity index is 2.60. The molecule has 0 aromatic rings. The van der Waals surface area contributed by atoms with E-state index in [1.807, 2.05) is 0 Å². The molecule has 0 unspecified atom stereocenters. The van der Waals surface area contributed by atoms with Crippen LogP contribution in [-0.2, 0) is 0 Å². The summed E-state index contributed by atoms with van der Waals surface area (Å²) in [6.07, 6.45) is 4.16. The van der Waals surface area contributed by atoms with Crippen molar-refractivity contribution in [1.82, 2.24) is 0 Å². The normalized spacial score (nSPS) is 39.6. The molecule has 10 heavy (non-hydrogen) atoms. The highest BCUT2D eigenvalue weighted by molar-refractivity contribution is 4.87. The van der Waals surface area contributed by atoms with Crippen molar-refractivity contribution in [2.24, 2.45) is 17.3 Å². The fourth-order valence-electron chi connectivity index (χ4n) is 2.04. The Morgan fingerprint density at radius 3 is 2.40 bits per heavy atom. The van der Waals surface area contributed by atoms with Gasteiger partial charge < -0.3 is 0 Å². The lowest BCUT2D eigenvalue weighted by Gasteiger charge is -2.40. The van der Waals surface area contributed by atoms with E-state index in [9.17, 15) is 0 Å². The van der Waals surface area contributed by atoms with Gasteiger partial charge in [-0.15, -0.1) is 0 Å². The van der Waals surface area contributed by atoms with Crippen LogP contribution < -0.4 is 0 Å². The van der Waals surface area contributed by atoms with Gasteiger partial charge in [0.25, 0.3) is 0 Å². The Hall–Kier alpha value is 0. The van der Waals surface area contributed by atoms with Gasteiger partial charge in [-0.25, -0.2) is 0 Å². The van der Waals surface area contributed by atoms with Gasteiger partial charge in [-0.1, -0.05) is 33.6 Å². The zero-order valence-corrected chi connectivity index (χ0v) is 7.48. The highest BCUT2D eigenvalue weighted by Crippen LogP contribution is 2.42. The van der Waals surface area contributed by atoms with E-state index in [1.54, 1.807) is 0 Å². The van der Waals surface area contributed by atoms with Gasteiger partial charge in [-0.2, -0.15) is 0 Å². The molecule has 0 nitrogen and oxygen atoms in total. The average Bonchev–Trinajstić information content (AvgIpc) is 1.83. The lowest BCUT2D eigenvalue weighted by atomic mass is 9.65. The molecule has 0 heteroatoms. The summed E-state index contributed by atoms with van der Waals surface area (Å²) in [7, 11) is 0. The molecule has 0 aromatic carbocycles. The molecule has 0 saturated heterocycles. The number of rotatable bonds is 0. The van der Waals surface area contributed by atoms with Crippen LogP contribution in [0.5, 0.6) is 0 Å². The summed E-state index contributed by atoms with van der Waals surface area (Å²) in [6, 6.07) is 0. The van der Waals surface area contributed by atoms with Crippen LogP contribution >= 0.6 is 0 Å². The second kappa shape index (κ2) is 2.56. The van der Waals surface area contributed by atoms with E-state index < -0.39 is 0 Å². The first kappa shape index (κ1) is 8.10. The van der Waals surface area contributed by atoms with Crippen LogP contribution in [0.1, 0.15) is 40.0 Å². The lowest BCUT2D eigenvalue weighted by Crippen LogP contribution is -2.31. The van der Waals surface area contributed by atoms with E-state index in [0.29, 0.717) is 11.3 Å². The zero-order chi connectivity index (χ0) is 7.78. The molecule has 0 aliphatic heterocycles. The van der Waals surface area contributed by atoms with Crippen LogP contribution in [0, 0.1) is 24.2 Å². The van der Waals surface area contributed by atoms with Crippen LogP contribution in [0.2, 0.25) is 0 Å². The topological polar surface area (TPSA) is 0 Å². The predicted molar refractivity (Wildman–Crippen MR) is 45.6 cm³/mol. The highest BCUT2D eigenvalue weighted by Gasteiger charge is 2.33. The third kappa shape index (κ3) is 1.36. The molecule has 1 aliphatic carbocycles. The summed E-state index contributed by atoms with van der Waals surface area (Å²) in [5, 5.41) is 0. The SMILES string of the molecule is [CH2][C@@H]1[C@@H](C)CCCC1(C)C. The first-order chi connectivity index (χ1) is 4.54. The monoisotopic (exact) mass is 139 g/mol. The van der Waals surface area contributed by atoms with Crippen LogP contribution in [0.25, 0.3) is 0 Å². The van der Waals surface area contributed by atoms with Crippen molar-refractivity contribution in [2.45, 2.75) is 40.0 Å². The van der Waals surface area contributed by atoms with Crippen molar-refractivity contribution in [2.75, 3.05) is 0 Å². The largest absolute Gasteiger partial charge is 0.0622 e. The first-order valence-corrected chi connectivity index (χ1v) is 4.37. The lowest BCUT2D eigenvalue weighted by molar-refractivity contribution is 0.120. The molecule has 1 aliphatic rings. The summed E-state index contributed by atoms with van der Waals surface area (Å²) in [4.78, 5) is 0. The number of hydrogen-bond donors (Lipinski definition) is 0. The second-order valence-electron chi connectivity index (χ2n) is 4.46. The van der Waals surface area contributed by atoms with E-state index in [0.717, 1.165) is 5.92 Å². The maximum Gasteiger partial charge on any atom is -0.0323 e. The van der Waals surface area contributed by atoms with Crippen molar-refractivity contribution >= 4 is 0 Å². The molecular weight excluding hydrogens is 120 g/mol. The van der Waals surface area contributed by atoms with Crippen molar-refractivity contribution in [1.29, 1.82) is 0 Å². The van der Waals surface area contributed by atoms with E-state index in [2.05, 4.69) is 27.7 Å². The molecule has 0 amide bonds. The van der Waals surface area contributed by atoms with Gasteiger partial charge in [0.2, 0.25) is 0 Å². The van der Waals surface area contributed by atoms with Gasteiger partial charge in [0, 0.05) is 0 Å². The Kier molecular flexibility index (Phi) is 2.07. The molecule has 59 valence electrons. The third-order valence-corrected chi connectivity index (χ3v) is 3.17.